The molecular formula is C14H14O5. The van der Waals surface area contributed by atoms with Crippen LogP contribution < -0.4 is 14.2 Å². The average Bonchev–Trinajstić information content (AvgIpc) is 2.98. The lowest BCUT2D eigenvalue weighted by Crippen LogP contribution is -2.05. The summed E-state index contributed by atoms with van der Waals surface area (Å²) in [6.07, 6.45) is 1.44. The van der Waals surface area contributed by atoms with Gasteiger partial charge in [-0.25, -0.2) is 0 Å². The maximum atomic E-state index is 12.3. The number of carbonyl (C=O) groups excluding carboxylic acids is 1. The molecule has 1 aromatic heterocycles. The first-order valence-corrected chi connectivity index (χ1v) is 5.60. The number of ketones is 1. The van der Waals surface area contributed by atoms with E-state index in [1.165, 1.54) is 27.6 Å². The number of methoxy groups -OCH3 is 3. The molecule has 0 bridgehead atoms. The zero-order valence-corrected chi connectivity index (χ0v) is 10.9. The van der Waals surface area contributed by atoms with Gasteiger partial charge in [0, 0.05) is 0 Å². The minimum absolute atomic E-state index is 0.241. The summed E-state index contributed by atoms with van der Waals surface area (Å²) in [5.74, 6) is 1.16. The van der Waals surface area contributed by atoms with Crippen LogP contribution >= 0.6 is 0 Å². The lowest BCUT2D eigenvalue weighted by atomic mass is 10.1. The van der Waals surface area contributed by atoms with Crippen LogP contribution in [0, 0.1) is 0 Å². The molecule has 19 heavy (non-hydrogen) atoms. The molecule has 0 amide bonds. The van der Waals surface area contributed by atoms with Crippen molar-refractivity contribution in [1.82, 2.24) is 0 Å². The first-order chi connectivity index (χ1) is 9.22. The second kappa shape index (κ2) is 5.48. The molecule has 0 aliphatic carbocycles. The molecule has 5 nitrogen and oxygen atoms in total. The van der Waals surface area contributed by atoms with Crippen LogP contribution in [-0.4, -0.2) is 27.1 Å². The molecule has 0 spiro atoms. The van der Waals surface area contributed by atoms with Crippen molar-refractivity contribution >= 4 is 5.78 Å². The van der Waals surface area contributed by atoms with E-state index in [1.54, 1.807) is 24.3 Å². The van der Waals surface area contributed by atoms with E-state index in [1.807, 2.05) is 0 Å². The average molecular weight is 262 g/mol. The molecule has 2 rings (SSSR count). The van der Waals surface area contributed by atoms with Gasteiger partial charge in [-0.1, -0.05) is 0 Å². The van der Waals surface area contributed by atoms with Gasteiger partial charge < -0.3 is 18.6 Å². The quantitative estimate of drug-likeness (QED) is 0.775. The van der Waals surface area contributed by atoms with Gasteiger partial charge in [-0.05, 0) is 24.3 Å². The Balaban J connectivity index is 2.55. The summed E-state index contributed by atoms with van der Waals surface area (Å²) in [6, 6.07) is 6.52. The van der Waals surface area contributed by atoms with Crippen molar-refractivity contribution < 1.29 is 23.4 Å². The second-order valence-corrected chi connectivity index (χ2v) is 3.69. The minimum atomic E-state index is -0.275. The molecule has 0 saturated heterocycles. The summed E-state index contributed by atoms with van der Waals surface area (Å²) in [6.45, 7) is 0. The SMILES string of the molecule is COc1ccc(C(=O)c2ccco2)c(OC)c1OC. The molecule has 0 fully saturated rings. The van der Waals surface area contributed by atoms with E-state index in [9.17, 15) is 4.79 Å². The summed E-state index contributed by atoms with van der Waals surface area (Å²) < 4.78 is 20.8. The fraction of sp³-hybridized carbons (Fsp3) is 0.214. The lowest BCUT2D eigenvalue weighted by molar-refractivity contribution is 0.101. The predicted octanol–water partition coefficient (Wildman–Crippen LogP) is 2.54. The molecule has 0 aliphatic heterocycles. The highest BCUT2D eigenvalue weighted by Gasteiger charge is 2.22. The number of hydrogen-bond donors (Lipinski definition) is 0. The van der Waals surface area contributed by atoms with Crippen LogP contribution in [0.15, 0.2) is 34.9 Å². The number of carbonyl (C=O) groups is 1. The first-order valence-electron chi connectivity index (χ1n) is 5.60. The van der Waals surface area contributed by atoms with Crippen molar-refractivity contribution in [2.24, 2.45) is 0 Å². The van der Waals surface area contributed by atoms with Crippen LogP contribution in [0.1, 0.15) is 16.1 Å². The van der Waals surface area contributed by atoms with Crippen molar-refractivity contribution in [3.63, 3.8) is 0 Å². The van der Waals surface area contributed by atoms with Gasteiger partial charge in [0.1, 0.15) is 0 Å². The fourth-order valence-electron chi connectivity index (χ4n) is 1.82. The Morgan fingerprint density at radius 2 is 1.74 bits per heavy atom. The largest absolute Gasteiger partial charge is 0.493 e. The van der Waals surface area contributed by atoms with Crippen molar-refractivity contribution in [1.29, 1.82) is 0 Å². The summed E-state index contributed by atoms with van der Waals surface area (Å²) in [5.41, 5.74) is 0.357. The topological polar surface area (TPSA) is 57.9 Å². The lowest BCUT2D eigenvalue weighted by Gasteiger charge is -2.14. The Morgan fingerprint density at radius 3 is 2.26 bits per heavy atom. The Morgan fingerprint density at radius 1 is 1.00 bits per heavy atom. The first kappa shape index (κ1) is 13.0. The molecule has 0 N–H and O–H groups in total. The third-order valence-electron chi connectivity index (χ3n) is 2.69. The molecule has 5 heteroatoms. The zero-order valence-electron chi connectivity index (χ0n) is 10.9. The molecule has 0 saturated carbocycles. The smallest absolute Gasteiger partial charge is 0.232 e. The standard InChI is InChI=1S/C14H14O5/c1-16-11-7-6-9(13(17-2)14(11)18-3)12(15)10-5-4-8-19-10/h4-8H,1-3H3. The molecule has 0 aliphatic rings. The van der Waals surface area contributed by atoms with Crippen molar-refractivity contribution in [3.8, 4) is 17.2 Å². The van der Waals surface area contributed by atoms with Crippen LogP contribution in [0.2, 0.25) is 0 Å². The Labute approximate surface area is 110 Å². The van der Waals surface area contributed by atoms with Gasteiger partial charge >= 0.3 is 0 Å². The number of ether oxygens (including phenoxy) is 3. The molecular weight excluding hydrogens is 248 g/mol. The van der Waals surface area contributed by atoms with E-state index in [4.69, 9.17) is 18.6 Å². The number of hydrogen-bond acceptors (Lipinski definition) is 5. The molecule has 0 radical (unpaired) electrons. The highest BCUT2D eigenvalue weighted by molar-refractivity contribution is 6.09. The van der Waals surface area contributed by atoms with Gasteiger partial charge in [0.15, 0.2) is 17.3 Å². The molecule has 1 aromatic carbocycles. The molecule has 0 unspecified atom stereocenters. The van der Waals surface area contributed by atoms with Crippen LogP contribution in [0.5, 0.6) is 17.2 Å². The molecule has 1 heterocycles. The zero-order chi connectivity index (χ0) is 13.8. The Kier molecular flexibility index (Phi) is 3.75. The van der Waals surface area contributed by atoms with Crippen molar-refractivity contribution in [2.75, 3.05) is 21.3 Å². The van der Waals surface area contributed by atoms with Gasteiger partial charge in [0.25, 0.3) is 0 Å². The highest BCUT2D eigenvalue weighted by atomic mass is 16.5. The van der Waals surface area contributed by atoms with Crippen molar-refractivity contribution in [3.05, 3.63) is 41.9 Å². The van der Waals surface area contributed by atoms with E-state index in [2.05, 4.69) is 0 Å². The summed E-state index contributed by atoms with van der Waals surface area (Å²) in [4.78, 5) is 12.3. The minimum Gasteiger partial charge on any atom is -0.493 e. The Bertz CT molecular complexity index is 572. The van der Waals surface area contributed by atoms with E-state index >= 15 is 0 Å². The van der Waals surface area contributed by atoms with E-state index in [0.29, 0.717) is 22.8 Å². The van der Waals surface area contributed by atoms with E-state index in [-0.39, 0.29) is 11.5 Å². The third kappa shape index (κ3) is 2.27. The van der Waals surface area contributed by atoms with Crippen LogP contribution in [0.4, 0.5) is 0 Å². The second-order valence-electron chi connectivity index (χ2n) is 3.69. The number of furan rings is 1. The molecule has 2 aromatic rings. The molecule has 100 valence electrons. The van der Waals surface area contributed by atoms with Gasteiger partial charge in [0.05, 0.1) is 33.2 Å². The fourth-order valence-corrected chi connectivity index (χ4v) is 1.82. The van der Waals surface area contributed by atoms with Gasteiger partial charge in [-0.15, -0.1) is 0 Å². The normalized spacial score (nSPS) is 10.1. The van der Waals surface area contributed by atoms with Gasteiger partial charge in [0.2, 0.25) is 11.5 Å². The van der Waals surface area contributed by atoms with Crippen molar-refractivity contribution in [2.45, 2.75) is 0 Å². The van der Waals surface area contributed by atoms with Crippen LogP contribution in [0.25, 0.3) is 0 Å². The Hall–Kier alpha value is -2.43. The third-order valence-corrected chi connectivity index (χ3v) is 2.69. The molecule has 0 atom stereocenters. The summed E-state index contributed by atoms with van der Waals surface area (Å²) in [7, 11) is 4.48. The van der Waals surface area contributed by atoms with Crippen LogP contribution in [0.3, 0.4) is 0 Å². The number of rotatable bonds is 5. The summed E-state index contributed by atoms with van der Waals surface area (Å²) >= 11 is 0. The van der Waals surface area contributed by atoms with E-state index < -0.39 is 0 Å². The maximum absolute atomic E-state index is 12.3. The maximum Gasteiger partial charge on any atom is 0.232 e. The predicted molar refractivity (Wildman–Crippen MR) is 68.2 cm³/mol. The van der Waals surface area contributed by atoms with Gasteiger partial charge in [-0.2, -0.15) is 0 Å². The van der Waals surface area contributed by atoms with Gasteiger partial charge in [-0.3, -0.25) is 4.79 Å². The summed E-state index contributed by atoms with van der Waals surface area (Å²) in [5, 5.41) is 0. The van der Waals surface area contributed by atoms with E-state index in [0.717, 1.165) is 0 Å². The van der Waals surface area contributed by atoms with Crippen LogP contribution in [-0.2, 0) is 0 Å². The number of benzene rings is 1. The highest BCUT2D eigenvalue weighted by Crippen LogP contribution is 2.40. The monoisotopic (exact) mass is 262 g/mol.